The first kappa shape index (κ1) is 12.7. The summed E-state index contributed by atoms with van der Waals surface area (Å²) in [6.45, 7) is 7.44. The van der Waals surface area contributed by atoms with Crippen LogP contribution in [0.15, 0.2) is 18.2 Å². The molecule has 1 saturated carbocycles. The molecule has 2 bridgehead atoms. The van der Waals surface area contributed by atoms with Crippen LogP contribution < -0.4 is 0 Å². The van der Waals surface area contributed by atoms with Gasteiger partial charge in [-0.15, -0.1) is 0 Å². The maximum absolute atomic E-state index is 9.81. The van der Waals surface area contributed by atoms with E-state index < -0.39 is 0 Å². The van der Waals surface area contributed by atoms with Gasteiger partial charge < -0.3 is 5.11 Å². The second-order valence-electron chi connectivity index (χ2n) is 7.51. The smallest absolute Gasteiger partial charge is 0.115 e. The van der Waals surface area contributed by atoms with E-state index in [1.807, 2.05) is 12.1 Å². The van der Waals surface area contributed by atoms with Crippen molar-refractivity contribution in [3.63, 3.8) is 0 Å². The van der Waals surface area contributed by atoms with Gasteiger partial charge in [0.1, 0.15) is 5.75 Å². The molecule has 1 saturated heterocycles. The van der Waals surface area contributed by atoms with Gasteiger partial charge in [-0.1, -0.05) is 19.9 Å². The van der Waals surface area contributed by atoms with Crippen molar-refractivity contribution in [1.29, 1.82) is 0 Å². The SMILES string of the molecule is C[C@@H]1[C@@H]2Cc3cc(O)ccc3[C@@]1(C)CCN2CC1CC1. The van der Waals surface area contributed by atoms with Gasteiger partial charge in [-0.3, -0.25) is 4.90 Å². The molecular formula is C18H25NO. The standard InChI is InChI=1S/C18H25NO/c1-12-17-10-14-9-15(20)5-6-16(14)18(12,2)7-8-19(17)11-13-3-4-13/h5-6,9,12-13,17,20H,3-4,7-8,10-11H2,1-2H3/t12-,17+,18+/m1/s1. The molecule has 20 heavy (non-hydrogen) atoms. The Labute approximate surface area is 121 Å². The number of fused-ring (bicyclic) bond motifs is 4. The van der Waals surface area contributed by atoms with Crippen LogP contribution in [-0.2, 0) is 11.8 Å². The number of phenols is 1. The third-order valence-electron chi connectivity index (χ3n) is 6.29. The van der Waals surface area contributed by atoms with Gasteiger partial charge in [0.05, 0.1) is 0 Å². The maximum atomic E-state index is 9.81. The highest BCUT2D eigenvalue weighted by Gasteiger charge is 2.48. The second-order valence-corrected chi connectivity index (χ2v) is 7.51. The predicted molar refractivity (Wildman–Crippen MR) is 81.0 cm³/mol. The molecule has 1 aromatic rings. The minimum Gasteiger partial charge on any atom is -0.508 e. The Hall–Kier alpha value is -1.02. The number of likely N-dealkylation sites (tertiary alicyclic amines) is 1. The molecule has 1 N–H and O–H groups in total. The topological polar surface area (TPSA) is 23.5 Å². The molecule has 0 radical (unpaired) electrons. The highest BCUT2D eigenvalue weighted by molar-refractivity contribution is 5.43. The van der Waals surface area contributed by atoms with Crippen molar-refractivity contribution >= 4 is 0 Å². The molecule has 2 fully saturated rings. The van der Waals surface area contributed by atoms with Crippen LogP contribution in [0.3, 0.4) is 0 Å². The van der Waals surface area contributed by atoms with Gasteiger partial charge >= 0.3 is 0 Å². The van der Waals surface area contributed by atoms with Crippen LogP contribution in [0, 0.1) is 11.8 Å². The van der Waals surface area contributed by atoms with Crippen molar-refractivity contribution in [3.05, 3.63) is 29.3 Å². The summed E-state index contributed by atoms with van der Waals surface area (Å²) in [6, 6.07) is 6.72. The second kappa shape index (κ2) is 4.24. The van der Waals surface area contributed by atoms with Crippen LogP contribution in [0.25, 0.3) is 0 Å². The minimum atomic E-state index is 0.298. The van der Waals surface area contributed by atoms with Crippen molar-refractivity contribution in [2.75, 3.05) is 13.1 Å². The number of benzene rings is 1. The third-order valence-corrected chi connectivity index (χ3v) is 6.29. The number of nitrogens with zero attached hydrogens (tertiary/aromatic N) is 1. The van der Waals surface area contributed by atoms with E-state index in [1.54, 1.807) is 0 Å². The number of aromatic hydroxyl groups is 1. The number of phenolic OH excluding ortho intramolecular Hbond substituents is 1. The fraction of sp³-hybridized carbons (Fsp3) is 0.667. The average Bonchev–Trinajstić information content (AvgIpc) is 3.21. The first-order valence-electron chi connectivity index (χ1n) is 8.14. The quantitative estimate of drug-likeness (QED) is 0.892. The normalized spacial score (nSPS) is 36.7. The highest BCUT2D eigenvalue weighted by atomic mass is 16.3. The Morgan fingerprint density at radius 1 is 1.35 bits per heavy atom. The summed E-state index contributed by atoms with van der Waals surface area (Å²) in [5.41, 5.74) is 3.17. The molecule has 4 rings (SSSR count). The van der Waals surface area contributed by atoms with E-state index >= 15 is 0 Å². The number of rotatable bonds is 2. The molecule has 108 valence electrons. The van der Waals surface area contributed by atoms with E-state index in [-0.39, 0.29) is 0 Å². The Balaban J connectivity index is 1.71. The zero-order valence-corrected chi connectivity index (χ0v) is 12.6. The minimum absolute atomic E-state index is 0.298. The first-order chi connectivity index (χ1) is 9.58. The van der Waals surface area contributed by atoms with Crippen molar-refractivity contribution < 1.29 is 5.11 Å². The number of hydrogen-bond donors (Lipinski definition) is 1. The fourth-order valence-electron chi connectivity index (χ4n) is 4.59. The third kappa shape index (κ3) is 1.81. The predicted octanol–water partition coefficient (Wildman–Crippen LogP) is 3.33. The Bertz CT molecular complexity index is 536. The summed E-state index contributed by atoms with van der Waals surface area (Å²) in [5, 5.41) is 9.81. The van der Waals surface area contributed by atoms with E-state index in [9.17, 15) is 5.11 Å². The van der Waals surface area contributed by atoms with Gasteiger partial charge in [0.2, 0.25) is 0 Å². The van der Waals surface area contributed by atoms with Crippen molar-refractivity contribution in [2.45, 2.75) is 51.0 Å². The summed E-state index contributed by atoms with van der Waals surface area (Å²) < 4.78 is 0. The Morgan fingerprint density at radius 3 is 2.90 bits per heavy atom. The van der Waals surface area contributed by atoms with E-state index in [0.29, 0.717) is 23.1 Å². The monoisotopic (exact) mass is 271 g/mol. The fourth-order valence-corrected chi connectivity index (χ4v) is 4.59. The van der Waals surface area contributed by atoms with Crippen LogP contribution >= 0.6 is 0 Å². The van der Waals surface area contributed by atoms with Crippen molar-refractivity contribution in [3.8, 4) is 5.75 Å². The molecule has 2 heteroatoms. The van der Waals surface area contributed by atoms with Crippen LogP contribution in [-0.4, -0.2) is 29.1 Å². The molecule has 2 nitrogen and oxygen atoms in total. The van der Waals surface area contributed by atoms with Gasteiger partial charge in [-0.2, -0.15) is 0 Å². The molecule has 0 unspecified atom stereocenters. The summed E-state index contributed by atoms with van der Waals surface area (Å²) in [6.07, 6.45) is 5.25. The van der Waals surface area contributed by atoms with E-state index in [0.717, 1.165) is 12.3 Å². The molecule has 0 aromatic heterocycles. The molecule has 3 aliphatic rings. The molecule has 1 aromatic carbocycles. The average molecular weight is 271 g/mol. The van der Waals surface area contributed by atoms with Crippen molar-refractivity contribution in [1.82, 2.24) is 4.90 Å². The number of piperidine rings is 1. The van der Waals surface area contributed by atoms with Gasteiger partial charge in [-0.05, 0) is 72.7 Å². The molecule has 3 atom stereocenters. The summed E-state index contributed by atoms with van der Waals surface area (Å²) in [7, 11) is 0. The van der Waals surface area contributed by atoms with E-state index in [4.69, 9.17) is 0 Å². The summed E-state index contributed by atoms with van der Waals surface area (Å²) in [4.78, 5) is 2.75. The molecular weight excluding hydrogens is 246 g/mol. The zero-order chi connectivity index (χ0) is 13.9. The van der Waals surface area contributed by atoms with Gasteiger partial charge in [0.25, 0.3) is 0 Å². The highest BCUT2D eigenvalue weighted by Crippen LogP contribution is 2.49. The molecule has 0 amide bonds. The Morgan fingerprint density at radius 2 is 2.15 bits per heavy atom. The lowest BCUT2D eigenvalue weighted by Crippen LogP contribution is -2.58. The largest absolute Gasteiger partial charge is 0.508 e. The van der Waals surface area contributed by atoms with E-state index in [1.165, 1.54) is 43.5 Å². The summed E-state index contributed by atoms with van der Waals surface area (Å²) >= 11 is 0. The maximum Gasteiger partial charge on any atom is 0.115 e. The summed E-state index contributed by atoms with van der Waals surface area (Å²) in [5.74, 6) is 2.11. The Kier molecular flexibility index (Phi) is 2.69. The van der Waals surface area contributed by atoms with Crippen molar-refractivity contribution in [2.24, 2.45) is 11.8 Å². The van der Waals surface area contributed by atoms with Gasteiger partial charge in [0, 0.05) is 12.6 Å². The molecule has 1 heterocycles. The number of hydrogen-bond acceptors (Lipinski definition) is 2. The van der Waals surface area contributed by atoms with Crippen LogP contribution in [0.5, 0.6) is 5.75 Å². The first-order valence-corrected chi connectivity index (χ1v) is 8.14. The van der Waals surface area contributed by atoms with Gasteiger partial charge in [-0.25, -0.2) is 0 Å². The zero-order valence-electron chi connectivity index (χ0n) is 12.6. The van der Waals surface area contributed by atoms with Crippen LogP contribution in [0.1, 0.15) is 44.2 Å². The lowest BCUT2D eigenvalue weighted by Gasteiger charge is -2.54. The van der Waals surface area contributed by atoms with Crippen LogP contribution in [0.2, 0.25) is 0 Å². The van der Waals surface area contributed by atoms with E-state index in [2.05, 4.69) is 24.8 Å². The lowest BCUT2D eigenvalue weighted by atomic mass is 9.59. The molecule has 0 spiro atoms. The molecule has 1 aliphatic heterocycles. The van der Waals surface area contributed by atoms with Gasteiger partial charge in [0.15, 0.2) is 0 Å². The molecule has 2 aliphatic carbocycles. The lowest BCUT2D eigenvalue weighted by molar-refractivity contribution is 0.0283. The van der Waals surface area contributed by atoms with Crippen LogP contribution in [0.4, 0.5) is 0 Å².